The summed E-state index contributed by atoms with van der Waals surface area (Å²) >= 11 is 3.13. The molecule has 10 heteroatoms. The van der Waals surface area contributed by atoms with Gasteiger partial charge < -0.3 is 20.0 Å². The highest BCUT2D eigenvalue weighted by molar-refractivity contribution is 9.10. The fourth-order valence-corrected chi connectivity index (χ4v) is 9.66. The van der Waals surface area contributed by atoms with E-state index in [0.29, 0.717) is 0 Å². The molecule has 1 saturated heterocycles. The zero-order chi connectivity index (χ0) is 25.4. The van der Waals surface area contributed by atoms with Crippen LogP contribution in [0.2, 0.25) is 5.04 Å². The molecule has 3 aromatic rings. The Morgan fingerprint density at radius 2 is 1.63 bits per heavy atom. The number of hydrogen-bond donors (Lipinski definition) is 3. The number of rotatable bonds is 6. The quantitative estimate of drug-likeness (QED) is 0.393. The number of hydrogen-bond acceptors (Lipinski definition) is 6. The number of aliphatic hydroxyl groups is 1. The Hall–Kier alpha value is -2.34. The molecular weight excluding hydrogens is 530 g/mol. The summed E-state index contributed by atoms with van der Waals surface area (Å²) in [6.07, 6.45) is -1.48. The smallest absolute Gasteiger partial charge is 0.330 e. The predicted molar refractivity (Wildman–Crippen MR) is 140 cm³/mol. The van der Waals surface area contributed by atoms with Crippen molar-refractivity contribution in [3.05, 3.63) is 92.2 Å². The predicted octanol–water partition coefficient (Wildman–Crippen LogP) is 1.46. The first-order valence-corrected chi connectivity index (χ1v) is 14.1. The highest BCUT2D eigenvalue weighted by Gasteiger charge is 2.52. The molecule has 0 radical (unpaired) electrons. The summed E-state index contributed by atoms with van der Waals surface area (Å²) in [7, 11) is -2.85. The summed E-state index contributed by atoms with van der Waals surface area (Å²) in [4.78, 5) is 26.4. The molecule has 1 aromatic heterocycles. The van der Waals surface area contributed by atoms with Gasteiger partial charge in [-0.15, -0.1) is 0 Å². The minimum absolute atomic E-state index is 0.0813. The van der Waals surface area contributed by atoms with Gasteiger partial charge in [-0.1, -0.05) is 81.4 Å². The zero-order valence-electron chi connectivity index (χ0n) is 19.9. The maximum absolute atomic E-state index is 12.4. The molecule has 0 saturated carbocycles. The van der Waals surface area contributed by atoms with Gasteiger partial charge in [0.15, 0.2) is 6.23 Å². The number of aromatic amines is 1. The van der Waals surface area contributed by atoms with Crippen molar-refractivity contribution in [1.82, 2.24) is 9.55 Å². The lowest BCUT2D eigenvalue weighted by molar-refractivity contribution is -0.0433. The topological polar surface area (TPSA) is 120 Å². The van der Waals surface area contributed by atoms with E-state index in [1.54, 1.807) is 0 Å². The Labute approximate surface area is 213 Å². The maximum Gasteiger partial charge on any atom is 0.330 e. The van der Waals surface area contributed by atoms with E-state index in [1.807, 2.05) is 36.4 Å². The highest BCUT2D eigenvalue weighted by atomic mass is 79.9. The standard InChI is InChI=1S/C25H30BrN3O5Si/c1-25(2,3)35(16-10-6-4-7-11-16,17-12-8-5-9-13-17)33-15-19-21(30)20(27)23(34-19)29-14-18(26)22(31)28-24(29)32/h4-14,19-21,23,30H,15,27H2,1-3H3,(H,28,31,32)/t19-,20?,21?,23-/m0/s1. The van der Waals surface area contributed by atoms with E-state index < -0.39 is 44.0 Å². The molecule has 0 bridgehead atoms. The first kappa shape index (κ1) is 25.7. The van der Waals surface area contributed by atoms with Crippen molar-refractivity contribution in [2.75, 3.05) is 6.61 Å². The number of H-pyrrole nitrogens is 1. The molecule has 8 nitrogen and oxygen atoms in total. The number of nitrogens with two attached hydrogens (primary N) is 1. The largest absolute Gasteiger partial charge is 0.405 e. The van der Waals surface area contributed by atoms with Crippen LogP contribution in [0.15, 0.2) is 80.9 Å². The molecule has 4 rings (SSSR count). The van der Waals surface area contributed by atoms with E-state index in [1.165, 1.54) is 10.8 Å². The van der Waals surface area contributed by atoms with Crippen molar-refractivity contribution in [2.45, 2.75) is 50.3 Å². The van der Waals surface area contributed by atoms with E-state index >= 15 is 0 Å². The summed E-state index contributed by atoms with van der Waals surface area (Å²) in [5.41, 5.74) is 5.04. The molecule has 4 atom stereocenters. The summed E-state index contributed by atoms with van der Waals surface area (Å²) < 4.78 is 14.3. The Morgan fingerprint density at radius 1 is 1.09 bits per heavy atom. The summed E-state index contributed by atoms with van der Waals surface area (Å²) in [5.74, 6) is 0. The SMILES string of the molecule is CC(C)(C)[Si](OC[C@@H]1O[C@H](n2cc(Br)c(=O)[nH]c2=O)C(N)C1O)(c1ccccc1)c1ccccc1. The number of aliphatic hydroxyl groups excluding tert-OH is 1. The second-order valence-electron chi connectivity index (χ2n) is 9.75. The van der Waals surface area contributed by atoms with Crippen LogP contribution in [-0.2, 0) is 9.16 Å². The third-order valence-electron chi connectivity index (χ3n) is 6.50. The van der Waals surface area contributed by atoms with Gasteiger partial charge in [-0.05, 0) is 31.3 Å². The Kier molecular flexibility index (Phi) is 7.32. The minimum atomic E-state index is -2.85. The molecule has 186 valence electrons. The van der Waals surface area contributed by atoms with Gasteiger partial charge in [0.1, 0.15) is 12.2 Å². The lowest BCUT2D eigenvalue weighted by Gasteiger charge is -2.43. The van der Waals surface area contributed by atoms with Gasteiger partial charge in [-0.2, -0.15) is 0 Å². The van der Waals surface area contributed by atoms with Crippen molar-refractivity contribution in [1.29, 1.82) is 0 Å². The van der Waals surface area contributed by atoms with Crippen LogP contribution in [0.5, 0.6) is 0 Å². The van der Waals surface area contributed by atoms with E-state index in [0.717, 1.165) is 10.4 Å². The van der Waals surface area contributed by atoms with Crippen LogP contribution in [-0.4, -0.2) is 47.8 Å². The van der Waals surface area contributed by atoms with Crippen molar-refractivity contribution in [2.24, 2.45) is 5.73 Å². The molecule has 35 heavy (non-hydrogen) atoms. The van der Waals surface area contributed by atoms with Crippen LogP contribution in [0, 0.1) is 0 Å². The van der Waals surface area contributed by atoms with Crippen LogP contribution in [0.3, 0.4) is 0 Å². The van der Waals surface area contributed by atoms with Crippen LogP contribution in [0.4, 0.5) is 0 Å². The average molecular weight is 561 g/mol. The molecule has 4 N–H and O–H groups in total. The lowest BCUT2D eigenvalue weighted by atomic mass is 10.1. The monoisotopic (exact) mass is 559 g/mol. The van der Waals surface area contributed by atoms with Crippen LogP contribution in [0.1, 0.15) is 27.0 Å². The summed E-state index contributed by atoms with van der Waals surface area (Å²) in [5, 5.41) is 12.9. The molecule has 1 fully saturated rings. The first-order valence-electron chi connectivity index (χ1n) is 11.4. The molecule has 0 amide bonds. The van der Waals surface area contributed by atoms with E-state index in [2.05, 4.69) is 66.0 Å². The summed E-state index contributed by atoms with van der Waals surface area (Å²) in [6, 6.07) is 19.4. The molecule has 2 unspecified atom stereocenters. The maximum atomic E-state index is 12.4. The number of nitrogens with zero attached hydrogens (tertiary/aromatic N) is 1. The molecule has 1 aliphatic rings. The fraction of sp³-hybridized carbons (Fsp3) is 0.360. The minimum Gasteiger partial charge on any atom is -0.405 e. The molecular formula is C25H30BrN3O5Si. The molecule has 1 aliphatic heterocycles. The first-order chi connectivity index (χ1) is 16.6. The van der Waals surface area contributed by atoms with Gasteiger partial charge >= 0.3 is 5.69 Å². The second kappa shape index (κ2) is 9.96. The average Bonchev–Trinajstić information content (AvgIpc) is 3.11. The van der Waals surface area contributed by atoms with Crippen molar-refractivity contribution in [3.63, 3.8) is 0 Å². The number of aromatic nitrogens is 2. The second-order valence-corrected chi connectivity index (χ2v) is 14.9. The molecule has 2 heterocycles. The number of benzene rings is 2. The van der Waals surface area contributed by atoms with E-state index in [4.69, 9.17) is 14.9 Å². The Bertz CT molecular complexity index is 1240. The Balaban J connectivity index is 1.69. The van der Waals surface area contributed by atoms with Gasteiger partial charge in [0.25, 0.3) is 13.9 Å². The third-order valence-corrected chi connectivity index (χ3v) is 12.1. The van der Waals surface area contributed by atoms with Gasteiger partial charge in [-0.25, -0.2) is 4.79 Å². The Morgan fingerprint density at radius 3 is 2.14 bits per heavy atom. The van der Waals surface area contributed by atoms with Gasteiger partial charge in [0.2, 0.25) is 0 Å². The number of nitrogens with one attached hydrogen (secondary N) is 1. The molecule has 2 aromatic carbocycles. The lowest BCUT2D eigenvalue weighted by Crippen LogP contribution is -2.67. The van der Waals surface area contributed by atoms with E-state index in [9.17, 15) is 14.7 Å². The van der Waals surface area contributed by atoms with Crippen molar-refractivity contribution < 1.29 is 14.3 Å². The van der Waals surface area contributed by atoms with E-state index in [-0.39, 0.29) is 16.1 Å². The van der Waals surface area contributed by atoms with Gasteiger partial charge in [0, 0.05) is 6.20 Å². The number of ether oxygens (including phenoxy) is 1. The van der Waals surface area contributed by atoms with Crippen LogP contribution < -0.4 is 27.4 Å². The third kappa shape index (κ3) is 4.74. The summed E-state index contributed by atoms with van der Waals surface area (Å²) in [6.45, 7) is 6.57. The molecule has 0 spiro atoms. The molecule has 0 aliphatic carbocycles. The number of halogens is 1. The normalized spacial score (nSPS) is 22.9. The highest BCUT2D eigenvalue weighted by Crippen LogP contribution is 2.38. The van der Waals surface area contributed by atoms with Gasteiger partial charge in [-0.3, -0.25) is 14.3 Å². The van der Waals surface area contributed by atoms with Crippen molar-refractivity contribution >= 4 is 34.6 Å². The zero-order valence-corrected chi connectivity index (χ0v) is 22.4. The van der Waals surface area contributed by atoms with Crippen LogP contribution in [0.25, 0.3) is 0 Å². The van der Waals surface area contributed by atoms with Gasteiger partial charge in [0.05, 0.1) is 17.1 Å². The fourth-order valence-electron chi connectivity index (χ4n) is 4.77. The van der Waals surface area contributed by atoms with Crippen molar-refractivity contribution in [3.8, 4) is 0 Å². The van der Waals surface area contributed by atoms with Crippen LogP contribution >= 0.6 is 15.9 Å².